The van der Waals surface area contributed by atoms with Crippen LogP contribution in [0, 0.1) is 0 Å². The number of nitrogens with one attached hydrogen (secondary N) is 1. The Morgan fingerprint density at radius 2 is 1.08 bits per heavy atom. The van der Waals surface area contributed by atoms with E-state index >= 15 is 0 Å². The maximum absolute atomic E-state index is 14.9. The molecule has 2 unspecified atom stereocenters. The van der Waals surface area contributed by atoms with E-state index in [1.54, 1.807) is 0 Å². The summed E-state index contributed by atoms with van der Waals surface area (Å²) in [6.07, 6.45) is -12.7. The number of rotatable bonds is 12. The molecule has 0 aliphatic carbocycles. The van der Waals surface area contributed by atoms with Gasteiger partial charge < -0.3 is 4.74 Å². The fraction of sp³-hybridized carbons (Fsp3) is 0.800. The highest BCUT2D eigenvalue weighted by molar-refractivity contribution is 7.90. The van der Waals surface area contributed by atoms with Crippen LogP contribution in [-0.4, -0.2) is 67.3 Å². The molecular weight excluding hydrogens is 594 g/mol. The topological polar surface area (TPSA) is 72.5 Å². The van der Waals surface area contributed by atoms with Crippen LogP contribution in [0.25, 0.3) is 0 Å². The van der Waals surface area contributed by atoms with Crippen LogP contribution in [0.5, 0.6) is 0 Å². The Bertz CT molecular complexity index is 977. The van der Waals surface area contributed by atoms with E-state index in [2.05, 4.69) is 11.3 Å². The zero-order valence-electron chi connectivity index (χ0n) is 17.7. The Morgan fingerprint density at radius 1 is 0.757 bits per heavy atom. The molecule has 0 rings (SSSR count). The van der Waals surface area contributed by atoms with Gasteiger partial charge in [-0.15, -0.1) is 0 Å². The van der Waals surface area contributed by atoms with Crippen molar-refractivity contribution >= 4 is 16.0 Å². The van der Waals surface area contributed by atoms with Crippen molar-refractivity contribution in [2.75, 3.05) is 0 Å². The number of halogens is 16. The summed E-state index contributed by atoms with van der Waals surface area (Å²) in [6, 6.07) is 0. The lowest BCUT2D eigenvalue weighted by Crippen LogP contribution is -2.75. The monoisotopic (exact) mass is 607 g/mol. The molecule has 1 N–H and O–H groups in total. The molecule has 0 aromatic carbocycles. The van der Waals surface area contributed by atoms with Crippen LogP contribution in [0.3, 0.4) is 0 Å². The van der Waals surface area contributed by atoms with Crippen LogP contribution in [0.4, 0.5) is 70.2 Å². The highest BCUT2D eigenvalue weighted by atomic mass is 32.2. The minimum atomic E-state index is -8.73. The van der Waals surface area contributed by atoms with Crippen molar-refractivity contribution in [3.05, 3.63) is 12.7 Å². The molecule has 0 aromatic heterocycles. The van der Waals surface area contributed by atoms with E-state index in [-0.39, 0.29) is 13.0 Å². The molecule has 0 saturated carbocycles. The van der Waals surface area contributed by atoms with Crippen molar-refractivity contribution in [1.29, 1.82) is 0 Å². The van der Waals surface area contributed by atoms with E-state index in [1.165, 1.54) is 0 Å². The van der Waals surface area contributed by atoms with Gasteiger partial charge in [0.15, 0.2) is 6.23 Å². The number of alkyl halides is 16. The lowest BCUT2D eigenvalue weighted by Gasteiger charge is -2.44. The van der Waals surface area contributed by atoms with Crippen molar-refractivity contribution in [1.82, 2.24) is 4.72 Å². The molecule has 0 aliphatic rings. The standard InChI is InChI=1S/C15H13F16NO4S/c1-4-7(33)36-6(3)32-37(34,35)8(16,5-2)9(17,18)10(19,20)11(21,22)12(23,24)13(25,26)14(27,28)15(29,30)31/h4,6,32H,1,5H2,2-3H3. The zero-order chi connectivity index (χ0) is 30.5. The third kappa shape index (κ3) is 4.93. The lowest BCUT2D eigenvalue weighted by atomic mass is 9.89. The van der Waals surface area contributed by atoms with Gasteiger partial charge >= 0.3 is 47.7 Å². The largest absolute Gasteiger partial charge is 0.460 e. The van der Waals surface area contributed by atoms with E-state index in [1.807, 2.05) is 0 Å². The van der Waals surface area contributed by atoms with Crippen LogP contribution < -0.4 is 4.72 Å². The lowest BCUT2D eigenvalue weighted by molar-refractivity contribution is -0.455. The van der Waals surface area contributed by atoms with Gasteiger partial charge in [-0.05, 0) is 6.92 Å². The van der Waals surface area contributed by atoms with E-state index in [0.29, 0.717) is 11.6 Å². The normalized spacial score (nSPS) is 17.7. The molecule has 0 fully saturated rings. The predicted octanol–water partition coefficient (Wildman–Crippen LogP) is 5.43. The van der Waals surface area contributed by atoms with Gasteiger partial charge in [-0.1, -0.05) is 13.5 Å². The highest BCUT2D eigenvalue weighted by Crippen LogP contribution is 2.64. The Balaban J connectivity index is 6.96. The van der Waals surface area contributed by atoms with E-state index in [0.717, 1.165) is 0 Å². The quantitative estimate of drug-likeness (QED) is 0.139. The minimum Gasteiger partial charge on any atom is -0.443 e. The van der Waals surface area contributed by atoms with Crippen LogP contribution in [-0.2, 0) is 19.6 Å². The molecule has 220 valence electrons. The van der Waals surface area contributed by atoms with Crippen LogP contribution in [0.1, 0.15) is 20.3 Å². The average molecular weight is 607 g/mol. The molecule has 0 radical (unpaired) electrons. The summed E-state index contributed by atoms with van der Waals surface area (Å²) < 4.78 is 243. The van der Waals surface area contributed by atoms with Gasteiger partial charge in [0.1, 0.15) is 0 Å². The molecule has 5 nitrogen and oxygen atoms in total. The van der Waals surface area contributed by atoms with Gasteiger partial charge in [-0.2, -0.15) is 70.6 Å². The third-order valence-corrected chi connectivity index (χ3v) is 6.50. The van der Waals surface area contributed by atoms with Crippen LogP contribution in [0.2, 0.25) is 0 Å². The second kappa shape index (κ2) is 9.63. The SMILES string of the molecule is C=CC(=O)OC(C)NS(=O)(=O)C(F)(CC)C(F)(F)C(F)(F)C(F)(F)C(F)(F)C(F)(F)C(F)(F)C(F)(F)F. The fourth-order valence-electron chi connectivity index (χ4n) is 2.34. The van der Waals surface area contributed by atoms with Crippen LogP contribution in [0.15, 0.2) is 12.7 Å². The summed E-state index contributed by atoms with van der Waals surface area (Å²) in [5.74, 6) is -52.1. The van der Waals surface area contributed by atoms with E-state index in [4.69, 9.17) is 0 Å². The van der Waals surface area contributed by atoms with Crippen molar-refractivity contribution in [3.63, 3.8) is 0 Å². The van der Waals surface area contributed by atoms with E-state index in [9.17, 15) is 83.5 Å². The second-order valence-corrected chi connectivity index (χ2v) is 8.82. The van der Waals surface area contributed by atoms with Gasteiger partial charge in [-0.3, -0.25) is 0 Å². The number of carbonyl (C=O) groups excluding carboxylic acids is 1. The number of hydrogen-bond donors (Lipinski definition) is 1. The maximum Gasteiger partial charge on any atom is 0.460 e. The first-order valence-corrected chi connectivity index (χ1v) is 10.3. The van der Waals surface area contributed by atoms with Crippen molar-refractivity contribution in [3.8, 4) is 0 Å². The highest BCUT2D eigenvalue weighted by Gasteiger charge is 2.95. The number of hydrogen-bond acceptors (Lipinski definition) is 4. The van der Waals surface area contributed by atoms with Crippen molar-refractivity contribution in [2.45, 2.75) is 73.2 Å². The summed E-state index contributed by atoms with van der Waals surface area (Å²) in [5.41, 5.74) is 0. The number of sulfonamides is 1. The Hall–Kier alpha value is -2.00. The summed E-state index contributed by atoms with van der Waals surface area (Å²) in [6.45, 7) is 3.01. The van der Waals surface area contributed by atoms with Gasteiger partial charge in [0.2, 0.25) is 0 Å². The molecule has 0 aromatic rings. The molecule has 0 aliphatic heterocycles. The molecule has 37 heavy (non-hydrogen) atoms. The zero-order valence-corrected chi connectivity index (χ0v) is 18.5. The van der Waals surface area contributed by atoms with Crippen LogP contribution >= 0.6 is 0 Å². The Morgan fingerprint density at radius 3 is 1.38 bits per heavy atom. The molecular formula is C15H13F16NO4S. The molecule has 0 heterocycles. The summed E-state index contributed by atoms with van der Waals surface area (Å²) in [4.78, 5) is 10.9. The first kappa shape index (κ1) is 35.0. The van der Waals surface area contributed by atoms with Gasteiger partial charge in [-0.25, -0.2) is 17.6 Å². The fourth-order valence-corrected chi connectivity index (χ4v) is 3.86. The summed E-state index contributed by atoms with van der Waals surface area (Å²) >= 11 is 0. The average Bonchev–Trinajstić information content (AvgIpc) is 2.70. The summed E-state index contributed by atoms with van der Waals surface area (Å²) in [5, 5.41) is -6.21. The van der Waals surface area contributed by atoms with Crippen molar-refractivity contribution in [2.24, 2.45) is 0 Å². The first-order chi connectivity index (χ1) is 15.9. The molecule has 0 saturated heterocycles. The number of carbonyl (C=O) groups is 1. The first-order valence-electron chi connectivity index (χ1n) is 8.78. The Labute approximate surface area is 195 Å². The third-order valence-electron chi connectivity index (χ3n) is 4.46. The maximum atomic E-state index is 14.9. The minimum absolute atomic E-state index is 0.119. The van der Waals surface area contributed by atoms with Crippen molar-refractivity contribution < 1.29 is 88.2 Å². The molecule has 22 heteroatoms. The predicted molar refractivity (Wildman–Crippen MR) is 87.7 cm³/mol. The molecule has 0 bridgehead atoms. The molecule has 2 atom stereocenters. The summed E-state index contributed by atoms with van der Waals surface area (Å²) in [7, 11) is -6.91. The molecule has 0 amide bonds. The number of esters is 1. The van der Waals surface area contributed by atoms with Gasteiger partial charge in [0.25, 0.3) is 15.0 Å². The second-order valence-electron chi connectivity index (χ2n) is 6.93. The number of ether oxygens (including phenoxy) is 1. The molecule has 0 spiro atoms. The van der Waals surface area contributed by atoms with Gasteiger partial charge in [0, 0.05) is 12.5 Å². The smallest absolute Gasteiger partial charge is 0.443 e. The van der Waals surface area contributed by atoms with E-state index < -0.39 is 75.4 Å². The van der Waals surface area contributed by atoms with Gasteiger partial charge in [0.05, 0.1) is 0 Å². The Kier molecular flexibility index (Phi) is 9.11.